The summed E-state index contributed by atoms with van der Waals surface area (Å²) in [4.78, 5) is 34.6. The molecule has 104 valence electrons. The number of anilines is 1. The Morgan fingerprint density at radius 1 is 1.30 bits per heavy atom. The molecule has 0 spiro atoms. The number of carboxylic acid groups (broad SMARTS) is 1. The van der Waals surface area contributed by atoms with Crippen molar-refractivity contribution in [1.82, 2.24) is 5.32 Å². The van der Waals surface area contributed by atoms with Crippen LogP contribution in [-0.4, -0.2) is 28.4 Å². The van der Waals surface area contributed by atoms with E-state index in [-0.39, 0.29) is 5.91 Å². The van der Waals surface area contributed by atoms with Gasteiger partial charge in [0.25, 0.3) is 5.91 Å². The van der Waals surface area contributed by atoms with Crippen LogP contribution in [0.1, 0.15) is 35.2 Å². The maximum absolute atomic E-state index is 12.2. The lowest BCUT2D eigenvalue weighted by Gasteiger charge is -2.38. The third kappa shape index (κ3) is 1.93. The van der Waals surface area contributed by atoms with Gasteiger partial charge in [-0.05, 0) is 37.0 Å². The number of amides is 2. The van der Waals surface area contributed by atoms with Gasteiger partial charge >= 0.3 is 5.97 Å². The summed E-state index contributed by atoms with van der Waals surface area (Å²) in [5.41, 5.74) is 0.710. The predicted octanol–water partition coefficient (Wildman–Crippen LogP) is 0.918. The molecule has 3 rings (SSSR count). The zero-order valence-corrected chi connectivity index (χ0v) is 10.7. The molecular formula is C14H14N2O4. The van der Waals surface area contributed by atoms with E-state index in [4.69, 9.17) is 0 Å². The Morgan fingerprint density at radius 2 is 2.05 bits per heavy atom. The van der Waals surface area contributed by atoms with Crippen LogP contribution in [0.5, 0.6) is 0 Å². The van der Waals surface area contributed by atoms with Gasteiger partial charge in [-0.2, -0.15) is 0 Å². The van der Waals surface area contributed by atoms with E-state index in [9.17, 15) is 19.5 Å². The summed E-state index contributed by atoms with van der Waals surface area (Å²) in [6.07, 6.45) is 2.02. The summed E-state index contributed by atoms with van der Waals surface area (Å²) in [5, 5.41) is 14.5. The number of hydrogen-bond donors (Lipinski definition) is 3. The number of hydrogen-bond acceptors (Lipinski definition) is 3. The molecule has 20 heavy (non-hydrogen) atoms. The van der Waals surface area contributed by atoms with Gasteiger partial charge in [0.1, 0.15) is 5.54 Å². The van der Waals surface area contributed by atoms with Gasteiger partial charge in [0.05, 0.1) is 6.42 Å². The van der Waals surface area contributed by atoms with E-state index in [0.29, 0.717) is 30.5 Å². The molecule has 3 N–H and O–H groups in total. The molecule has 1 aliphatic carbocycles. The molecule has 1 aromatic carbocycles. The van der Waals surface area contributed by atoms with Crippen molar-refractivity contribution in [3.8, 4) is 0 Å². The summed E-state index contributed by atoms with van der Waals surface area (Å²) in [6, 6.07) is 4.92. The fourth-order valence-electron chi connectivity index (χ4n) is 2.57. The lowest BCUT2D eigenvalue weighted by Crippen LogP contribution is -2.59. The first-order valence-electron chi connectivity index (χ1n) is 6.49. The Morgan fingerprint density at radius 3 is 2.65 bits per heavy atom. The van der Waals surface area contributed by atoms with E-state index in [1.54, 1.807) is 18.2 Å². The first-order chi connectivity index (χ1) is 9.50. The number of benzene rings is 1. The Bertz CT molecular complexity index is 620. The highest BCUT2D eigenvalue weighted by atomic mass is 16.4. The average molecular weight is 274 g/mol. The molecule has 1 saturated carbocycles. The molecule has 0 bridgehead atoms. The topological polar surface area (TPSA) is 95.5 Å². The van der Waals surface area contributed by atoms with Crippen LogP contribution in [0, 0.1) is 0 Å². The molecule has 2 aliphatic rings. The summed E-state index contributed by atoms with van der Waals surface area (Å²) in [7, 11) is 0. The zero-order valence-electron chi connectivity index (χ0n) is 10.7. The second kappa shape index (κ2) is 4.33. The predicted molar refractivity (Wildman–Crippen MR) is 70.5 cm³/mol. The molecule has 1 heterocycles. The lowest BCUT2D eigenvalue weighted by molar-refractivity contribution is -0.148. The van der Waals surface area contributed by atoms with E-state index in [2.05, 4.69) is 10.6 Å². The second-order valence-corrected chi connectivity index (χ2v) is 5.29. The number of nitrogens with one attached hydrogen (secondary N) is 2. The van der Waals surface area contributed by atoms with Gasteiger partial charge in [0, 0.05) is 11.3 Å². The zero-order chi connectivity index (χ0) is 14.3. The summed E-state index contributed by atoms with van der Waals surface area (Å²) < 4.78 is 0. The van der Waals surface area contributed by atoms with Crippen LogP contribution in [0.15, 0.2) is 18.2 Å². The van der Waals surface area contributed by atoms with Gasteiger partial charge in [-0.3, -0.25) is 9.59 Å². The van der Waals surface area contributed by atoms with Crippen molar-refractivity contribution in [3.63, 3.8) is 0 Å². The highest BCUT2D eigenvalue weighted by Gasteiger charge is 2.45. The van der Waals surface area contributed by atoms with Crippen LogP contribution < -0.4 is 10.6 Å². The van der Waals surface area contributed by atoms with Gasteiger partial charge in [-0.15, -0.1) is 0 Å². The molecule has 2 amide bonds. The molecule has 6 heteroatoms. The molecule has 0 radical (unpaired) electrons. The van der Waals surface area contributed by atoms with Crippen molar-refractivity contribution >= 4 is 23.5 Å². The summed E-state index contributed by atoms with van der Waals surface area (Å²) >= 11 is 0. The van der Waals surface area contributed by atoms with E-state index >= 15 is 0 Å². The van der Waals surface area contributed by atoms with E-state index in [0.717, 1.165) is 12.0 Å². The number of aliphatic carboxylic acids is 1. The first kappa shape index (κ1) is 12.7. The Hall–Kier alpha value is -2.37. The number of carbonyl (C=O) groups is 3. The van der Waals surface area contributed by atoms with Gasteiger partial charge in [-0.25, -0.2) is 4.79 Å². The Balaban J connectivity index is 1.80. The minimum atomic E-state index is -1.13. The van der Waals surface area contributed by atoms with Crippen molar-refractivity contribution in [2.45, 2.75) is 31.2 Å². The quantitative estimate of drug-likeness (QED) is 0.763. The monoisotopic (exact) mass is 274 g/mol. The molecule has 6 nitrogen and oxygen atoms in total. The van der Waals surface area contributed by atoms with Gasteiger partial charge in [0.15, 0.2) is 0 Å². The first-order valence-corrected chi connectivity index (χ1v) is 6.49. The van der Waals surface area contributed by atoms with Gasteiger partial charge in [-0.1, -0.05) is 6.07 Å². The third-order valence-corrected chi connectivity index (χ3v) is 3.97. The van der Waals surface area contributed by atoms with Crippen molar-refractivity contribution in [2.24, 2.45) is 0 Å². The third-order valence-electron chi connectivity index (χ3n) is 3.97. The summed E-state index contributed by atoms with van der Waals surface area (Å²) in [6.45, 7) is 0. The van der Waals surface area contributed by atoms with Crippen LogP contribution in [0.3, 0.4) is 0 Å². The van der Waals surface area contributed by atoms with Crippen molar-refractivity contribution in [1.29, 1.82) is 0 Å². The normalized spacial score (nSPS) is 18.7. The average Bonchev–Trinajstić information content (AvgIpc) is 2.71. The van der Waals surface area contributed by atoms with E-state index in [1.165, 1.54) is 0 Å². The van der Waals surface area contributed by atoms with Crippen LogP contribution >= 0.6 is 0 Å². The van der Waals surface area contributed by atoms with Crippen molar-refractivity contribution in [2.75, 3.05) is 5.32 Å². The maximum atomic E-state index is 12.2. The smallest absolute Gasteiger partial charge is 0.329 e. The second-order valence-electron chi connectivity index (χ2n) is 5.29. The largest absolute Gasteiger partial charge is 0.480 e. The number of fused-ring (bicyclic) bond motifs is 1. The highest BCUT2D eigenvalue weighted by molar-refractivity contribution is 6.03. The molecule has 1 fully saturated rings. The Kier molecular flexibility index (Phi) is 2.74. The Labute approximate surface area is 115 Å². The van der Waals surface area contributed by atoms with Gasteiger partial charge in [0.2, 0.25) is 5.91 Å². The van der Waals surface area contributed by atoms with Crippen LogP contribution in [0.25, 0.3) is 0 Å². The van der Waals surface area contributed by atoms with Crippen LogP contribution in [0.2, 0.25) is 0 Å². The molecule has 0 saturated heterocycles. The fourth-order valence-corrected chi connectivity index (χ4v) is 2.57. The van der Waals surface area contributed by atoms with Crippen LogP contribution in [0.4, 0.5) is 5.69 Å². The molecule has 1 aromatic rings. The molecule has 0 unspecified atom stereocenters. The molecule has 0 atom stereocenters. The van der Waals surface area contributed by atoms with Gasteiger partial charge < -0.3 is 15.7 Å². The minimum absolute atomic E-state index is 0.0986. The standard InChI is InChI=1S/C14H14N2O4/c17-11-7-8-2-3-9(6-10(8)15-11)12(18)16-14(13(19)20)4-1-5-14/h2-3,6H,1,4-5,7H2,(H,15,17)(H,16,18)(H,19,20). The molecule has 0 aromatic heterocycles. The number of carbonyl (C=O) groups excluding carboxylic acids is 2. The highest BCUT2D eigenvalue weighted by Crippen LogP contribution is 2.32. The number of carboxylic acids is 1. The molecular weight excluding hydrogens is 260 g/mol. The van der Waals surface area contributed by atoms with Crippen molar-refractivity contribution < 1.29 is 19.5 Å². The minimum Gasteiger partial charge on any atom is -0.480 e. The fraction of sp³-hybridized carbons (Fsp3) is 0.357. The van der Waals surface area contributed by atoms with Crippen LogP contribution in [-0.2, 0) is 16.0 Å². The maximum Gasteiger partial charge on any atom is 0.329 e. The van der Waals surface area contributed by atoms with Crippen molar-refractivity contribution in [3.05, 3.63) is 29.3 Å². The van der Waals surface area contributed by atoms with E-state index < -0.39 is 17.4 Å². The molecule has 1 aliphatic heterocycles. The number of rotatable bonds is 3. The lowest BCUT2D eigenvalue weighted by atomic mass is 9.76. The van der Waals surface area contributed by atoms with E-state index in [1.807, 2.05) is 0 Å². The summed E-state index contributed by atoms with van der Waals surface area (Å²) in [5.74, 6) is -1.51. The SMILES string of the molecule is O=C1Cc2ccc(C(=O)NC3(C(=O)O)CCC3)cc2N1.